The number of phenols is 1. The molecule has 0 heterocycles. The molecule has 0 spiro atoms. The first-order chi connectivity index (χ1) is 15.9. The first-order valence-corrected chi connectivity index (χ1v) is 15.9. The largest absolute Gasteiger partial charge is 0.507 e. The van der Waals surface area contributed by atoms with E-state index in [1.165, 1.54) is 0 Å². The van der Waals surface area contributed by atoms with Gasteiger partial charge in [-0.3, -0.25) is 9.13 Å². The minimum absolute atomic E-state index is 0.0576. The molecular formula is C26H48O7P2. The van der Waals surface area contributed by atoms with Crippen LogP contribution in [0.15, 0.2) is 12.1 Å². The maximum atomic E-state index is 14.4. The van der Waals surface area contributed by atoms with Crippen LogP contribution in [-0.4, -0.2) is 34.9 Å². The smallest absolute Gasteiger partial charge is 0.346 e. The van der Waals surface area contributed by atoms with Crippen molar-refractivity contribution in [2.24, 2.45) is 0 Å². The molecule has 0 saturated heterocycles. The fraction of sp³-hybridized carbons (Fsp3) is 0.769. The van der Waals surface area contributed by atoms with Crippen molar-refractivity contribution >= 4 is 15.2 Å². The number of hydrogen-bond acceptors (Lipinski definition) is 7. The summed E-state index contributed by atoms with van der Waals surface area (Å²) in [5.41, 5.74) is 2.32. The van der Waals surface area contributed by atoms with Gasteiger partial charge in [0.15, 0.2) is 5.40 Å². The lowest BCUT2D eigenvalue weighted by Gasteiger charge is -2.35. The van der Waals surface area contributed by atoms with E-state index >= 15 is 0 Å². The molecule has 0 saturated carbocycles. The molecule has 0 bridgehead atoms. The van der Waals surface area contributed by atoms with Gasteiger partial charge < -0.3 is 23.2 Å². The SMILES string of the molecule is CC(C)OP(=O)(OC(C)C)C(Cc1cc(C(C)C)c(O)c(C(C)C)c1)P(=O)(OC(C)C)OC(C)C. The first-order valence-electron chi connectivity index (χ1n) is 12.7. The Morgan fingerprint density at radius 3 is 1.14 bits per heavy atom. The molecule has 0 fully saturated rings. The average Bonchev–Trinajstić information content (AvgIpc) is 2.63. The fourth-order valence-electron chi connectivity index (χ4n) is 3.86. The summed E-state index contributed by atoms with van der Waals surface area (Å²) in [4.78, 5) is 0. The normalized spacial score (nSPS) is 13.6. The van der Waals surface area contributed by atoms with Gasteiger partial charge in [-0.15, -0.1) is 0 Å². The van der Waals surface area contributed by atoms with Crippen molar-refractivity contribution in [3.63, 3.8) is 0 Å². The number of phenolic OH excluding ortho intramolecular Hbond substituents is 1. The molecular weight excluding hydrogens is 486 g/mol. The van der Waals surface area contributed by atoms with Crippen molar-refractivity contribution in [3.05, 3.63) is 28.8 Å². The molecule has 0 radical (unpaired) electrons. The molecule has 204 valence electrons. The van der Waals surface area contributed by atoms with E-state index in [1.54, 1.807) is 55.4 Å². The summed E-state index contributed by atoms with van der Waals surface area (Å²) in [6, 6.07) is 3.76. The number of hydrogen-bond donors (Lipinski definition) is 1. The van der Waals surface area contributed by atoms with E-state index in [4.69, 9.17) is 18.1 Å². The number of rotatable bonds is 14. The van der Waals surface area contributed by atoms with Gasteiger partial charge in [-0.1, -0.05) is 39.8 Å². The fourth-order valence-corrected chi connectivity index (χ4v) is 9.78. The van der Waals surface area contributed by atoms with E-state index in [2.05, 4.69) is 0 Å². The van der Waals surface area contributed by atoms with Crippen molar-refractivity contribution in [3.8, 4) is 5.75 Å². The molecule has 1 aromatic carbocycles. The monoisotopic (exact) mass is 534 g/mol. The molecule has 7 nitrogen and oxygen atoms in total. The predicted molar refractivity (Wildman–Crippen MR) is 144 cm³/mol. The summed E-state index contributed by atoms with van der Waals surface area (Å²) >= 11 is 0. The summed E-state index contributed by atoms with van der Waals surface area (Å²) in [5, 5.41) is 9.69. The minimum atomic E-state index is -4.01. The molecule has 1 aromatic rings. The van der Waals surface area contributed by atoms with Gasteiger partial charge >= 0.3 is 15.2 Å². The summed E-state index contributed by atoms with van der Waals surface area (Å²) in [6.45, 7) is 22.1. The van der Waals surface area contributed by atoms with Crippen molar-refractivity contribution in [2.45, 2.75) is 131 Å². The highest BCUT2D eigenvalue weighted by atomic mass is 31.2. The highest BCUT2D eigenvalue weighted by Crippen LogP contribution is 2.72. The Morgan fingerprint density at radius 1 is 0.629 bits per heavy atom. The van der Waals surface area contributed by atoms with Crippen LogP contribution in [0.5, 0.6) is 5.75 Å². The maximum absolute atomic E-state index is 14.4. The van der Waals surface area contributed by atoms with Crippen LogP contribution in [0.1, 0.15) is 112 Å². The zero-order valence-electron chi connectivity index (χ0n) is 23.7. The number of aromatic hydroxyl groups is 1. The molecule has 1 N–H and O–H groups in total. The van der Waals surface area contributed by atoms with Gasteiger partial charge in [-0.05, 0) is 90.3 Å². The average molecular weight is 535 g/mol. The predicted octanol–water partition coefficient (Wildman–Crippen LogP) is 8.59. The van der Waals surface area contributed by atoms with E-state index in [0.29, 0.717) is 0 Å². The molecule has 0 aliphatic rings. The maximum Gasteiger partial charge on any atom is 0.346 e. The Hall–Kier alpha value is -0.680. The molecule has 35 heavy (non-hydrogen) atoms. The molecule has 0 aromatic heterocycles. The van der Waals surface area contributed by atoms with Crippen LogP contribution in [0.4, 0.5) is 0 Å². The zero-order chi connectivity index (χ0) is 27.3. The molecule has 1 rings (SSSR count). The molecule has 0 aliphatic carbocycles. The molecule has 0 amide bonds. The molecule has 0 aliphatic heterocycles. The van der Waals surface area contributed by atoms with Crippen molar-refractivity contribution in [1.82, 2.24) is 0 Å². The van der Waals surface area contributed by atoms with Crippen molar-refractivity contribution in [2.75, 3.05) is 0 Å². The Morgan fingerprint density at radius 2 is 0.914 bits per heavy atom. The Labute approximate surface area is 213 Å². The third-order valence-corrected chi connectivity index (χ3v) is 11.4. The van der Waals surface area contributed by atoms with Crippen LogP contribution in [-0.2, 0) is 33.6 Å². The van der Waals surface area contributed by atoms with E-state index in [1.807, 2.05) is 39.8 Å². The second-order valence-corrected chi connectivity index (χ2v) is 15.5. The van der Waals surface area contributed by atoms with Gasteiger partial charge in [0.25, 0.3) is 0 Å². The van der Waals surface area contributed by atoms with E-state index in [9.17, 15) is 14.2 Å². The van der Waals surface area contributed by atoms with Crippen molar-refractivity contribution in [1.29, 1.82) is 0 Å². The minimum Gasteiger partial charge on any atom is -0.507 e. The van der Waals surface area contributed by atoms with Gasteiger partial charge in [0, 0.05) is 0 Å². The first kappa shape index (κ1) is 32.3. The van der Waals surface area contributed by atoms with E-state index in [-0.39, 0.29) is 24.0 Å². The van der Waals surface area contributed by atoms with Crippen molar-refractivity contribution < 1.29 is 32.3 Å². The Bertz CT molecular complexity index is 812. The van der Waals surface area contributed by atoms with Crippen LogP contribution in [0.2, 0.25) is 0 Å². The van der Waals surface area contributed by atoms with E-state index in [0.717, 1.165) is 16.7 Å². The van der Waals surface area contributed by atoms with Crippen LogP contribution >= 0.6 is 15.2 Å². The quantitative estimate of drug-likeness (QED) is 0.239. The Kier molecular flexibility index (Phi) is 12.2. The zero-order valence-corrected chi connectivity index (χ0v) is 25.5. The third-order valence-electron chi connectivity index (χ3n) is 5.05. The standard InChI is InChI=1S/C26H48O7P2/c1-16(2)23-13-22(14-24(17(3)4)26(23)27)15-25(34(28,30-18(5)6)31-19(7)8)35(29,32-20(9)10)33-21(11)12/h13-14,16-21,25,27H,15H2,1-12H3. The van der Waals surface area contributed by atoms with Gasteiger partial charge in [-0.2, -0.15) is 0 Å². The van der Waals surface area contributed by atoms with Gasteiger partial charge in [0.1, 0.15) is 5.75 Å². The van der Waals surface area contributed by atoms with Crippen LogP contribution < -0.4 is 0 Å². The highest BCUT2D eigenvalue weighted by Gasteiger charge is 2.53. The van der Waals surface area contributed by atoms with Gasteiger partial charge in [-0.25, -0.2) is 0 Å². The topological polar surface area (TPSA) is 91.3 Å². The molecule has 9 heteroatoms. The van der Waals surface area contributed by atoms with Crippen LogP contribution in [0.25, 0.3) is 0 Å². The van der Waals surface area contributed by atoms with E-state index < -0.39 is 45.0 Å². The van der Waals surface area contributed by atoms with Crippen LogP contribution in [0.3, 0.4) is 0 Å². The summed E-state index contributed by atoms with van der Waals surface area (Å²) in [7, 11) is -8.01. The summed E-state index contributed by atoms with van der Waals surface area (Å²) in [6.07, 6.45) is -1.68. The lowest BCUT2D eigenvalue weighted by atomic mass is 9.91. The van der Waals surface area contributed by atoms with Gasteiger partial charge in [0.05, 0.1) is 24.4 Å². The highest BCUT2D eigenvalue weighted by molar-refractivity contribution is 7.72. The second-order valence-electron chi connectivity index (χ2n) is 10.8. The third kappa shape index (κ3) is 9.29. The number of benzene rings is 1. The summed E-state index contributed by atoms with van der Waals surface area (Å²) in [5.74, 6) is 0.375. The van der Waals surface area contributed by atoms with Crippen LogP contribution in [0, 0.1) is 0 Å². The lowest BCUT2D eigenvalue weighted by Crippen LogP contribution is -2.25. The Balaban J connectivity index is 3.87. The van der Waals surface area contributed by atoms with Gasteiger partial charge in [0.2, 0.25) is 0 Å². The molecule has 0 atom stereocenters. The second kappa shape index (κ2) is 13.2. The lowest BCUT2D eigenvalue weighted by molar-refractivity contribution is 0.122. The molecule has 0 unspecified atom stereocenters. The summed E-state index contributed by atoms with van der Waals surface area (Å²) < 4.78 is 52.5.